The monoisotopic (exact) mass is 194 g/mol. The average Bonchev–Trinajstić information content (AvgIpc) is 2.57. The molecule has 0 aliphatic carbocycles. The predicted octanol–water partition coefficient (Wildman–Crippen LogP) is 2.48. The largest absolute Gasteiger partial charge is 0.284 e. The Balaban J connectivity index is 2.62. The molecule has 0 aliphatic rings. The van der Waals surface area contributed by atoms with E-state index in [0.717, 1.165) is 6.54 Å². The molecule has 1 heterocycles. The molecule has 0 saturated carbocycles. The van der Waals surface area contributed by atoms with Crippen LogP contribution in [-0.4, -0.2) is 17.5 Å². The molecule has 0 spiro atoms. The highest BCUT2D eigenvalue weighted by molar-refractivity contribution is 7.09. The van der Waals surface area contributed by atoms with Gasteiger partial charge < -0.3 is 0 Å². The van der Waals surface area contributed by atoms with E-state index in [9.17, 15) is 0 Å². The van der Waals surface area contributed by atoms with Crippen molar-refractivity contribution in [2.75, 3.05) is 7.05 Å². The molecule has 0 bridgehead atoms. The Morgan fingerprint density at radius 1 is 1.62 bits per heavy atom. The van der Waals surface area contributed by atoms with Gasteiger partial charge in [0.25, 0.3) is 0 Å². The van der Waals surface area contributed by atoms with Crippen LogP contribution in [-0.2, 0) is 6.54 Å². The predicted molar refractivity (Wildman–Crippen MR) is 55.5 cm³/mol. The minimum Gasteiger partial charge on any atom is -0.284 e. The zero-order valence-corrected chi connectivity index (χ0v) is 9.06. The highest BCUT2D eigenvalue weighted by atomic mass is 32.1. The summed E-state index contributed by atoms with van der Waals surface area (Å²) in [6.45, 7) is 4.71. The van der Waals surface area contributed by atoms with Gasteiger partial charge in [0, 0.05) is 11.4 Å². The van der Waals surface area contributed by atoms with Gasteiger partial charge >= 0.3 is 0 Å². The lowest BCUT2D eigenvalue weighted by molar-refractivity contribution is 0.204. The molecule has 3 heteroatoms. The van der Waals surface area contributed by atoms with Gasteiger partial charge in [-0.15, -0.1) is 11.3 Å². The second kappa shape index (κ2) is 3.91. The first-order chi connectivity index (χ1) is 6.06. The van der Waals surface area contributed by atoms with E-state index >= 15 is 0 Å². The molecule has 0 aliphatic heterocycles. The molecule has 0 unspecified atom stereocenters. The SMILES string of the molecule is CN(Cc1cccs1)C(C)(C)C#N. The topological polar surface area (TPSA) is 27.0 Å². The van der Waals surface area contributed by atoms with Crippen molar-refractivity contribution in [1.29, 1.82) is 5.26 Å². The molecule has 1 aromatic rings. The van der Waals surface area contributed by atoms with Gasteiger partial charge in [-0.05, 0) is 32.3 Å². The van der Waals surface area contributed by atoms with Crippen molar-refractivity contribution in [3.63, 3.8) is 0 Å². The quantitative estimate of drug-likeness (QED) is 0.739. The lowest BCUT2D eigenvalue weighted by Gasteiger charge is -2.28. The van der Waals surface area contributed by atoms with Crippen LogP contribution in [0, 0.1) is 11.3 Å². The summed E-state index contributed by atoms with van der Waals surface area (Å²) in [5.41, 5.74) is -0.385. The van der Waals surface area contributed by atoms with Crippen molar-refractivity contribution in [1.82, 2.24) is 4.90 Å². The molecular weight excluding hydrogens is 180 g/mol. The van der Waals surface area contributed by atoms with Crippen molar-refractivity contribution in [2.24, 2.45) is 0 Å². The fraction of sp³-hybridized carbons (Fsp3) is 0.500. The van der Waals surface area contributed by atoms with Gasteiger partial charge in [-0.25, -0.2) is 0 Å². The second-order valence-corrected chi connectivity index (χ2v) is 4.64. The van der Waals surface area contributed by atoms with E-state index in [2.05, 4.69) is 22.4 Å². The second-order valence-electron chi connectivity index (χ2n) is 3.61. The van der Waals surface area contributed by atoms with Gasteiger partial charge in [0.2, 0.25) is 0 Å². The Bertz CT molecular complexity index is 295. The third kappa shape index (κ3) is 2.55. The number of nitriles is 1. The molecule has 2 nitrogen and oxygen atoms in total. The first kappa shape index (κ1) is 10.2. The zero-order chi connectivity index (χ0) is 9.90. The number of thiophene rings is 1. The minimum atomic E-state index is -0.385. The maximum atomic E-state index is 8.90. The fourth-order valence-corrected chi connectivity index (χ4v) is 1.68. The van der Waals surface area contributed by atoms with Gasteiger partial charge in [0.15, 0.2) is 0 Å². The van der Waals surface area contributed by atoms with Gasteiger partial charge in [-0.3, -0.25) is 4.90 Å². The van der Waals surface area contributed by atoms with Crippen LogP contribution in [0.15, 0.2) is 17.5 Å². The number of hydrogen-bond acceptors (Lipinski definition) is 3. The Morgan fingerprint density at radius 3 is 2.77 bits per heavy atom. The first-order valence-electron chi connectivity index (χ1n) is 4.21. The smallest absolute Gasteiger partial charge is 0.103 e. The van der Waals surface area contributed by atoms with Crippen LogP contribution in [0.2, 0.25) is 0 Å². The Hall–Kier alpha value is -0.850. The summed E-state index contributed by atoms with van der Waals surface area (Å²) >= 11 is 1.73. The molecular formula is C10H14N2S. The van der Waals surface area contributed by atoms with E-state index in [1.807, 2.05) is 27.0 Å². The number of nitrogens with zero attached hydrogens (tertiary/aromatic N) is 2. The van der Waals surface area contributed by atoms with E-state index in [-0.39, 0.29) is 5.54 Å². The Labute approximate surface area is 83.4 Å². The highest BCUT2D eigenvalue weighted by Crippen LogP contribution is 2.17. The van der Waals surface area contributed by atoms with Gasteiger partial charge in [0.05, 0.1) is 6.07 Å². The molecule has 0 aromatic carbocycles. The van der Waals surface area contributed by atoms with Crippen molar-refractivity contribution in [3.8, 4) is 6.07 Å². The van der Waals surface area contributed by atoms with Gasteiger partial charge in [-0.1, -0.05) is 6.07 Å². The molecule has 0 radical (unpaired) electrons. The van der Waals surface area contributed by atoms with E-state index in [1.54, 1.807) is 11.3 Å². The van der Waals surface area contributed by atoms with Crippen LogP contribution < -0.4 is 0 Å². The van der Waals surface area contributed by atoms with E-state index in [4.69, 9.17) is 5.26 Å². The summed E-state index contributed by atoms with van der Waals surface area (Å²) in [4.78, 5) is 3.35. The van der Waals surface area contributed by atoms with Crippen LogP contribution in [0.25, 0.3) is 0 Å². The summed E-state index contributed by atoms with van der Waals surface area (Å²) in [7, 11) is 1.98. The third-order valence-electron chi connectivity index (χ3n) is 2.20. The summed E-state index contributed by atoms with van der Waals surface area (Å²) in [6.07, 6.45) is 0. The molecule has 0 fully saturated rings. The van der Waals surface area contributed by atoms with Crippen molar-refractivity contribution in [3.05, 3.63) is 22.4 Å². The molecule has 0 amide bonds. The maximum absolute atomic E-state index is 8.90. The maximum Gasteiger partial charge on any atom is 0.103 e. The fourth-order valence-electron chi connectivity index (χ4n) is 0.919. The lowest BCUT2D eigenvalue weighted by Crippen LogP contribution is -2.38. The summed E-state index contributed by atoms with van der Waals surface area (Å²) in [6, 6.07) is 6.41. The van der Waals surface area contributed by atoms with Crippen molar-refractivity contribution < 1.29 is 0 Å². The standard InChI is InChI=1S/C10H14N2S/c1-10(2,8-11)12(3)7-9-5-4-6-13-9/h4-6H,7H2,1-3H3. The Morgan fingerprint density at radius 2 is 2.31 bits per heavy atom. The van der Waals surface area contributed by atoms with E-state index in [0.29, 0.717) is 0 Å². The molecule has 13 heavy (non-hydrogen) atoms. The minimum absolute atomic E-state index is 0.385. The van der Waals surface area contributed by atoms with E-state index < -0.39 is 0 Å². The number of hydrogen-bond donors (Lipinski definition) is 0. The van der Waals surface area contributed by atoms with Gasteiger partial charge in [0.1, 0.15) is 5.54 Å². The molecule has 0 saturated heterocycles. The molecule has 0 N–H and O–H groups in total. The molecule has 1 rings (SSSR count). The molecule has 70 valence electrons. The highest BCUT2D eigenvalue weighted by Gasteiger charge is 2.22. The zero-order valence-electron chi connectivity index (χ0n) is 8.24. The Kier molecular flexibility index (Phi) is 3.07. The van der Waals surface area contributed by atoms with Crippen LogP contribution in [0.1, 0.15) is 18.7 Å². The van der Waals surface area contributed by atoms with Crippen molar-refractivity contribution >= 4 is 11.3 Å². The van der Waals surface area contributed by atoms with Gasteiger partial charge in [-0.2, -0.15) is 5.26 Å². The summed E-state index contributed by atoms with van der Waals surface area (Å²) in [5.74, 6) is 0. The number of rotatable bonds is 3. The lowest BCUT2D eigenvalue weighted by atomic mass is 10.1. The van der Waals surface area contributed by atoms with E-state index in [1.165, 1.54) is 4.88 Å². The van der Waals surface area contributed by atoms with Crippen LogP contribution in [0.5, 0.6) is 0 Å². The normalized spacial score (nSPS) is 11.6. The third-order valence-corrected chi connectivity index (χ3v) is 3.06. The first-order valence-corrected chi connectivity index (χ1v) is 5.09. The summed E-state index contributed by atoms with van der Waals surface area (Å²) < 4.78 is 0. The summed E-state index contributed by atoms with van der Waals surface area (Å²) in [5, 5.41) is 11.0. The molecule has 1 aromatic heterocycles. The van der Waals surface area contributed by atoms with Crippen LogP contribution in [0.3, 0.4) is 0 Å². The molecule has 0 atom stereocenters. The van der Waals surface area contributed by atoms with Crippen LogP contribution >= 0.6 is 11.3 Å². The average molecular weight is 194 g/mol. The van der Waals surface area contributed by atoms with Crippen molar-refractivity contribution in [2.45, 2.75) is 25.9 Å². The van der Waals surface area contributed by atoms with Crippen LogP contribution in [0.4, 0.5) is 0 Å².